The Kier molecular flexibility index (Phi) is 10.3. The average molecular weight is 712 g/mol. The maximum atomic E-state index is 14.5. The van der Waals surface area contributed by atoms with Gasteiger partial charge in [-0.1, -0.05) is 94.8 Å². The van der Waals surface area contributed by atoms with E-state index in [-0.39, 0.29) is 25.5 Å². The van der Waals surface area contributed by atoms with Crippen molar-refractivity contribution in [3.63, 3.8) is 0 Å². The number of amides is 1. The van der Waals surface area contributed by atoms with Gasteiger partial charge in [0, 0.05) is 36.0 Å². The number of aliphatic hydroxyl groups excluding tert-OH is 1. The van der Waals surface area contributed by atoms with E-state index in [0.29, 0.717) is 29.9 Å². The maximum absolute atomic E-state index is 14.5. The second-order valence-electron chi connectivity index (χ2n) is 11.5. The molecule has 9 heteroatoms. The van der Waals surface area contributed by atoms with Crippen LogP contribution in [0.15, 0.2) is 131 Å². The van der Waals surface area contributed by atoms with Crippen LogP contribution in [0, 0.1) is 11.6 Å². The quantitative estimate of drug-likeness (QED) is 0.129. The number of hydrogen-bond donors (Lipinski definition) is 2. The molecule has 0 fully saturated rings. The van der Waals surface area contributed by atoms with E-state index in [1.165, 1.54) is 6.07 Å². The lowest BCUT2D eigenvalue weighted by atomic mass is 9.81. The molecule has 5 aromatic carbocycles. The Morgan fingerprint density at radius 1 is 0.854 bits per heavy atom. The van der Waals surface area contributed by atoms with Crippen molar-refractivity contribution in [1.82, 2.24) is 5.32 Å². The lowest BCUT2D eigenvalue weighted by Crippen LogP contribution is -2.49. The van der Waals surface area contributed by atoms with Gasteiger partial charge in [-0.3, -0.25) is 4.79 Å². The van der Waals surface area contributed by atoms with Crippen LogP contribution in [0.25, 0.3) is 11.1 Å². The molecule has 2 N–H and O–H groups in total. The van der Waals surface area contributed by atoms with Gasteiger partial charge in [-0.05, 0) is 70.3 Å². The van der Waals surface area contributed by atoms with Crippen LogP contribution in [0.4, 0.5) is 8.78 Å². The average Bonchev–Trinajstić information content (AvgIpc) is 3.51. The van der Waals surface area contributed by atoms with E-state index in [1.54, 1.807) is 12.1 Å². The molecule has 48 heavy (non-hydrogen) atoms. The van der Waals surface area contributed by atoms with Crippen molar-refractivity contribution >= 4 is 27.7 Å². The smallest absolute Gasteiger partial charge is 0.252 e. The van der Waals surface area contributed by atoms with Crippen LogP contribution < -0.4 is 10.1 Å². The molecule has 0 radical (unpaired) electrons. The molecule has 1 amide bonds. The van der Waals surface area contributed by atoms with Gasteiger partial charge in [0.25, 0.3) is 5.91 Å². The van der Waals surface area contributed by atoms with Crippen LogP contribution in [0.3, 0.4) is 0 Å². The molecule has 6 rings (SSSR count). The summed E-state index contributed by atoms with van der Waals surface area (Å²) in [7, 11) is 0. The fourth-order valence-corrected chi connectivity index (χ4v) is 6.11. The molecule has 0 unspecified atom stereocenters. The minimum atomic E-state index is -1.48. The normalized spacial score (nSPS) is 17.0. The zero-order valence-electron chi connectivity index (χ0n) is 25.9. The summed E-state index contributed by atoms with van der Waals surface area (Å²) in [6, 6.07) is 36.2. The van der Waals surface area contributed by atoms with E-state index >= 15 is 0 Å². The van der Waals surface area contributed by atoms with Gasteiger partial charge in [-0.2, -0.15) is 0 Å². The molecule has 1 heterocycles. The lowest BCUT2D eigenvalue weighted by Gasteiger charge is -2.31. The highest BCUT2D eigenvalue weighted by atomic mass is 79.9. The highest BCUT2D eigenvalue weighted by molar-refractivity contribution is 9.10. The van der Waals surface area contributed by atoms with Crippen molar-refractivity contribution in [3.8, 4) is 16.9 Å². The molecule has 0 saturated carbocycles. The summed E-state index contributed by atoms with van der Waals surface area (Å²) in [5.41, 5.74) is 3.22. The Balaban J connectivity index is 1.41. The maximum Gasteiger partial charge on any atom is 0.252 e. The van der Waals surface area contributed by atoms with Gasteiger partial charge in [-0.15, -0.1) is 0 Å². The molecule has 5 aromatic rings. The SMILES string of the molecule is O=C(NCc1ccc(F)c(F)c1)[C@]1(Cc2ccccc2Br)N=C(c2ccc(OCCCO)cc2)O[C@@H]1c1ccc(-c2ccccc2)cc1. The predicted molar refractivity (Wildman–Crippen MR) is 185 cm³/mol. The summed E-state index contributed by atoms with van der Waals surface area (Å²) >= 11 is 3.64. The molecule has 1 aliphatic rings. The lowest BCUT2D eigenvalue weighted by molar-refractivity contribution is -0.129. The van der Waals surface area contributed by atoms with Crippen LogP contribution in [0.2, 0.25) is 0 Å². The van der Waals surface area contributed by atoms with E-state index in [0.717, 1.165) is 38.9 Å². The number of rotatable bonds is 12. The molecule has 0 aromatic heterocycles. The molecule has 2 atom stereocenters. The number of carbonyl (C=O) groups is 1. The highest BCUT2D eigenvalue weighted by Crippen LogP contribution is 2.44. The topological polar surface area (TPSA) is 80.2 Å². The van der Waals surface area contributed by atoms with E-state index < -0.39 is 29.2 Å². The number of nitrogens with one attached hydrogen (secondary N) is 1. The van der Waals surface area contributed by atoms with E-state index in [9.17, 15) is 13.6 Å². The van der Waals surface area contributed by atoms with Crippen molar-refractivity contribution in [3.05, 3.63) is 160 Å². The van der Waals surface area contributed by atoms with Crippen molar-refractivity contribution in [2.45, 2.75) is 31.0 Å². The molecular weight excluding hydrogens is 678 g/mol. The van der Waals surface area contributed by atoms with Gasteiger partial charge < -0.3 is 19.9 Å². The first-order valence-electron chi connectivity index (χ1n) is 15.6. The van der Waals surface area contributed by atoms with Crippen LogP contribution >= 0.6 is 15.9 Å². The van der Waals surface area contributed by atoms with Crippen LogP contribution in [0.1, 0.15) is 34.8 Å². The first-order valence-corrected chi connectivity index (χ1v) is 16.4. The Morgan fingerprint density at radius 2 is 1.54 bits per heavy atom. The highest BCUT2D eigenvalue weighted by Gasteiger charge is 2.53. The number of halogens is 3. The van der Waals surface area contributed by atoms with Gasteiger partial charge >= 0.3 is 0 Å². The van der Waals surface area contributed by atoms with Gasteiger partial charge in [0.1, 0.15) is 5.75 Å². The number of nitrogens with zero attached hydrogens (tertiary/aromatic N) is 1. The van der Waals surface area contributed by atoms with Crippen LogP contribution in [-0.4, -0.2) is 35.7 Å². The number of ether oxygens (including phenoxy) is 2. The number of aliphatic hydroxyl groups is 1. The third-order valence-corrected chi connectivity index (χ3v) is 8.98. The van der Waals surface area contributed by atoms with Gasteiger partial charge in [0.05, 0.1) is 6.61 Å². The Hall–Kier alpha value is -4.86. The number of hydrogen-bond acceptors (Lipinski definition) is 5. The Bertz CT molecular complexity index is 1900. The molecule has 6 nitrogen and oxygen atoms in total. The fraction of sp³-hybridized carbons (Fsp3) is 0.179. The van der Waals surface area contributed by atoms with Crippen molar-refractivity contribution < 1.29 is 28.2 Å². The molecule has 1 aliphatic heterocycles. The van der Waals surface area contributed by atoms with Crippen molar-refractivity contribution in [2.75, 3.05) is 13.2 Å². The number of benzene rings is 5. The largest absolute Gasteiger partial charge is 0.494 e. The first kappa shape index (κ1) is 33.1. The van der Waals surface area contributed by atoms with Crippen molar-refractivity contribution in [2.24, 2.45) is 4.99 Å². The summed E-state index contributed by atoms with van der Waals surface area (Å²) < 4.78 is 40.9. The van der Waals surface area contributed by atoms with Crippen LogP contribution in [0.5, 0.6) is 5.75 Å². The summed E-state index contributed by atoms with van der Waals surface area (Å²) in [5, 5.41) is 12.0. The van der Waals surface area contributed by atoms with Crippen LogP contribution in [-0.2, 0) is 22.5 Å². The zero-order chi connectivity index (χ0) is 33.5. The number of aliphatic imine (C=N–C) groups is 1. The van der Waals surface area contributed by atoms with Gasteiger partial charge in [-0.25, -0.2) is 13.8 Å². The summed E-state index contributed by atoms with van der Waals surface area (Å²) in [4.78, 5) is 19.6. The van der Waals surface area contributed by atoms with Crippen molar-refractivity contribution in [1.29, 1.82) is 0 Å². The van der Waals surface area contributed by atoms with E-state index in [2.05, 4.69) is 21.2 Å². The third kappa shape index (κ3) is 7.32. The molecular formula is C39H33BrF2N2O4. The summed E-state index contributed by atoms with van der Waals surface area (Å²) in [5.74, 6) is -1.47. The second-order valence-corrected chi connectivity index (χ2v) is 12.3. The predicted octanol–water partition coefficient (Wildman–Crippen LogP) is 7.97. The van der Waals surface area contributed by atoms with Gasteiger partial charge in [0.15, 0.2) is 23.3 Å². The fourth-order valence-electron chi connectivity index (χ4n) is 5.68. The standard InChI is InChI=1S/C39H33BrF2N2O4/c40-33-10-5-4-9-31(33)24-39(38(46)43-25-26-11-20-34(41)35(42)23-26)36(29-14-12-28(13-15-29)27-7-2-1-3-8-27)48-37(44-39)30-16-18-32(19-17-30)47-22-6-21-45/h1-5,7-20,23,36,45H,6,21-22,24-25H2,(H,43,46)/t36-,39-/m1/s1. The third-order valence-electron chi connectivity index (χ3n) is 8.21. The first-order chi connectivity index (χ1) is 23.4. The van der Waals surface area contributed by atoms with Gasteiger partial charge in [0.2, 0.25) is 5.90 Å². The Labute approximate surface area is 286 Å². The molecule has 244 valence electrons. The molecule has 0 spiro atoms. The summed E-state index contributed by atoms with van der Waals surface area (Å²) in [6.45, 7) is 0.369. The van der Waals surface area contributed by atoms with E-state index in [1.807, 2.05) is 91.0 Å². The molecule has 0 aliphatic carbocycles. The second kappa shape index (κ2) is 14.9. The summed E-state index contributed by atoms with van der Waals surface area (Å²) in [6.07, 6.45) is -0.149. The minimum absolute atomic E-state index is 0.0359. The monoisotopic (exact) mass is 710 g/mol. The number of carbonyl (C=O) groups excluding carboxylic acids is 1. The van der Waals surface area contributed by atoms with E-state index in [4.69, 9.17) is 19.6 Å². The zero-order valence-corrected chi connectivity index (χ0v) is 27.5. The molecule has 0 saturated heterocycles. The minimum Gasteiger partial charge on any atom is -0.494 e. The molecule has 0 bridgehead atoms. The Morgan fingerprint density at radius 3 is 2.25 bits per heavy atom.